The molecule has 0 aliphatic heterocycles. The van der Waals surface area contributed by atoms with Crippen molar-refractivity contribution in [3.8, 4) is 11.5 Å². The second-order valence-corrected chi connectivity index (χ2v) is 8.99. The third kappa shape index (κ3) is 1.80. The van der Waals surface area contributed by atoms with Gasteiger partial charge in [-0.2, -0.15) is 9.61 Å². The molecule has 4 bridgehead atoms. The van der Waals surface area contributed by atoms with Gasteiger partial charge in [0, 0.05) is 11.6 Å². The number of rotatable bonds is 2. The summed E-state index contributed by atoms with van der Waals surface area (Å²) in [5, 5.41) is 15.0. The van der Waals surface area contributed by atoms with Crippen molar-refractivity contribution in [2.45, 2.75) is 43.9 Å². The van der Waals surface area contributed by atoms with Crippen molar-refractivity contribution in [1.29, 1.82) is 0 Å². The molecule has 0 spiro atoms. The quantitative estimate of drug-likeness (QED) is 0.715. The van der Waals surface area contributed by atoms with Gasteiger partial charge in [-0.1, -0.05) is 17.4 Å². The van der Waals surface area contributed by atoms with Crippen LogP contribution in [-0.4, -0.2) is 24.8 Å². The Morgan fingerprint density at radius 1 is 1.00 bits per heavy atom. The molecule has 122 valence electrons. The van der Waals surface area contributed by atoms with Gasteiger partial charge in [-0.05, 0) is 68.4 Å². The Bertz CT molecular complexity index is 877. The number of nitrogens with zero attached hydrogens (tertiary/aromatic N) is 5. The Hall–Kier alpha value is -1.82. The molecule has 0 amide bonds. The zero-order valence-electron chi connectivity index (χ0n) is 13.4. The highest BCUT2D eigenvalue weighted by atomic mass is 32.1. The summed E-state index contributed by atoms with van der Waals surface area (Å²) in [5.41, 5.74) is 1.16. The van der Waals surface area contributed by atoms with E-state index in [0.29, 0.717) is 5.41 Å². The predicted molar refractivity (Wildman–Crippen MR) is 91.7 cm³/mol. The van der Waals surface area contributed by atoms with Crippen molar-refractivity contribution in [3.63, 3.8) is 0 Å². The fraction of sp³-hybridized carbons (Fsp3) is 0.556. The predicted octanol–water partition coefficient (Wildman–Crippen LogP) is 3.72. The van der Waals surface area contributed by atoms with Gasteiger partial charge >= 0.3 is 0 Å². The van der Waals surface area contributed by atoms with Crippen LogP contribution >= 0.6 is 11.3 Å². The van der Waals surface area contributed by atoms with Crippen LogP contribution < -0.4 is 0 Å². The number of aromatic nitrogens is 5. The molecule has 6 heteroatoms. The van der Waals surface area contributed by atoms with Crippen LogP contribution in [-0.2, 0) is 5.41 Å². The Kier molecular flexibility index (Phi) is 2.60. The smallest absolute Gasteiger partial charge is 0.235 e. The molecule has 3 aromatic rings. The van der Waals surface area contributed by atoms with Crippen LogP contribution in [0.3, 0.4) is 0 Å². The second kappa shape index (κ2) is 4.63. The zero-order valence-corrected chi connectivity index (χ0v) is 14.2. The standard InChI is InChI=1S/C18H19N5S/c1-2-4-19-14(3-1)15-20-21-17-23(15)22-16(24-17)18-8-11-5-12(9-18)7-13(6-11)10-18/h1-4,11-13H,5-10H2. The highest BCUT2D eigenvalue weighted by Gasteiger charge is 2.53. The van der Waals surface area contributed by atoms with Crippen molar-refractivity contribution in [2.75, 3.05) is 0 Å². The number of hydrogen-bond acceptors (Lipinski definition) is 5. The molecule has 0 aromatic carbocycles. The largest absolute Gasteiger partial charge is 0.253 e. The maximum absolute atomic E-state index is 5.01. The van der Waals surface area contributed by atoms with E-state index in [4.69, 9.17) is 5.10 Å². The minimum absolute atomic E-state index is 0.321. The Labute approximate surface area is 144 Å². The van der Waals surface area contributed by atoms with Crippen LogP contribution in [0.5, 0.6) is 0 Å². The molecule has 4 aliphatic carbocycles. The number of fused-ring (bicyclic) bond motifs is 1. The summed E-state index contributed by atoms with van der Waals surface area (Å²) < 4.78 is 1.92. The van der Waals surface area contributed by atoms with Crippen LogP contribution in [0, 0.1) is 17.8 Å². The van der Waals surface area contributed by atoms with Crippen molar-refractivity contribution in [1.82, 2.24) is 24.8 Å². The van der Waals surface area contributed by atoms with Gasteiger partial charge in [0.15, 0.2) is 0 Å². The minimum Gasteiger partial charge on any atom is -0.253 e. The summed E-state index contributed by atoms with van der Waals surface area (Å²) in [6.45, 7) is 0. The molecular formula is C18H19N5S. The summed E-state index contributed by atoms with van der Waals surface area (Å²) in [4.78, 5) is 5.32. The Morgan fingerprint density at radius 2 is 1.75 bits per heavy atom. The van der Waals surface area contributed by atoms with E-state index < -0.39 is 0 Å². The fourth-order valence-electron chi connectivity index (χ4n) is 5.86. The van der Waals surface area contributed by atoms with Crippen LogP contribution in [0.1, 0.15) is 43.5 Å². The molecular weight excluding hydrogens is 318 g/mol. The normalized spacial score (nSPS) is 34.2. The zero-order chi connectivity index (χ0) is 15.7. The molecule has 5 nitrogen and oxygen atoms in total. The summed E-state index contributed by atoms with van der Waals surface area (Å²) in [6, 6.07) is 5.87. The topological polar surface area (TPSA) is 56.0 Å². The summed E-state index contributed by atoms with van der Waals surface area (Å²) in [6.07, 6.45) is 10.2. The van der Waals surface area contributed by atoms with E-state index in [0.717, 1.165) is 34.2 Å². The van der Waals surface area contributed by atoms with Gasteiger partial charge in [0.1, 0.15) is 10.7 Å². The van der Waals surface area contributed by atoms with Crippen LogP contribution in [0.4, 0.5) is 0 Å². The van der Waals surface area contributed by atoms with E-state index in [1.54, 1.807) is 17.5 Å². The monoisotopic (exact) mass is 337 g/mol. The summed E-state index contributed by atoms with van der Waals surface area (Å²) in [7, 11) is 0. The van der Waals surface area contributed by atoms with Crippen molar-refractivity contribution in [2.24, 2.45) is 17.8 Å². The number of hydrogen-bond donors (Lipinski definition) is 0. The highest BCUT2D eigenvalue weighted by Crippen LogP contribution is 2.61. The molecule has 0 atom stereocenters. The first-order chi connectivity index (χ1) is 11.8. The van der Waals surface area contributed by atoms with E-state index >= 15 is 0 Å². The Balaban J connectivity index is 1.47. The van der Waals surface area contributed by atoms with E-state index in [1.165, 1.54) is 43.5 Å². The first kappa shape index (κ1) is 13.5. The van der Waals surface area contributed by atoms with Crippen LogP contribution in [0.25, 0.3) is 16.5 Å². The summed E-state index contributed by atoms with van der Waals surface area (Å²) >= 11 is 1.75. The van der Waals surface area contributed by atoms with E-state index in [1.807, 2.05) is 22.7 Å². The number of pyridine rings is 1. The van der Waals surface area contributed by atoms with Gasteiger partial charge in [-0.3, -0.25) is 4.98 Å². The molecule has 4 saturated carbocycles. The molecule has 24 heavy (non-hydrogen) atoms. The van der Waals surface area contributed by atoms with Gasteiger partial charge < -0.3 is 0 Å². The molecule has 0 N–H and O–H groups in total. The van der Waals surface area contributed by atoms with E-state index in [2.05, 4.69) is 15.2 Å². The third-order valence-electron chi connectivity index (χ3n) is 6.38. The molecule has 0 saturated heterocycles. The average Bonchev–Trinajstić information content (AvgIpc) is 3.15. The summed E-state index contributed by atoms with van der Waals surface area (Å²) in [5.74, 6) is 3.56. The highest BCUT2D eigenvalue weighted by molar-refractivity contribution is 7.16. The van der Waals surface area contributed by atoms with E-state index in [9.17, 15) is 0 Å². The first-order valence-corrected chi connectivity index (χ1v) is 9.75. The van der Waals surface area contributed by atoms with Crippen LogP contribution in [0.2, 0.25) is 0 Å². The first-order valence-electron chi connectivity index (χ1n) is 8.93. The molecule has 4 aliphatic rings. The molecule has 7 rings (SSSR count). The van der Waals surface area contributed by atoms with E-state index in [-0.39, 0.29) is 0 Å². The average molecular weight is 337 g/mol. The SMILES string of the molecule is c1ccc(-c2nnc3sc(C45CC6CC(CC(C6)C4)C5)nn23)nc1. The lowest BCUT2D eigenvalue weighted by atomic mass is 9.50. The molecule has 0 radical (unpaired) electrons. The van der Waals surface area contributed by atoms with Crippen molar-refractivity contribution in [3.05, 3.63) is 29.4 Å². The van der Waals surface area contributed by atoms with Crippen molar-refractivity contribution >= 4 is 16.3 Å². The maximum Gasteiger partial charge on any atom is 0.235 e. The molecule has 3 aromatic heterocycles. The molecule has 4 fully saturated rings. The van der Waals surface area contributed by atoms with Gasteiger partial charge in [0.25, 0.3) is 0 Å². The fourth-order valence-corrected chi connectivity index (χ4v) is 6.92. The Morgan fingerprint density at radius 3 is 2.42 bits per heavy atom. The van der Waals surface area contributed by atoms with Gasteiger partial charge in [0.2, 0.25) is 10.8 Å². The van der Waals surface area contributed by atoms with Crippen molar-refractivity contribution < 1.29 is 0 Å². The lowest BCUT2D eigenvalue weighted by Crippen LogP contribution is -2.48. The lowest BCUT2D eigenvalue weighted by molar-refractivity contribution is -0.00565. The third-order valence-corrected chi connectivity index (χ3v) is 7.52. The van der Waals surface area contributed by atoms with Crippen LogP contribution in [0.15, 0.2) is 24.4 Å². The maximum atomic E-state index is 5.01. The van der Waals surface area contributed by atoms with Gasteiger partial charge in [-0.25, -0.2) is 0 Å². The minimum atomic E-state index is 0.321. The van der Waals surface area contributed by atoms with Gasteiger partial charge in [-0.15, -0.1) is 10.2 Å². The second-order valence-electron chi connectivity index (χ2n) is 8.04. The lowest BCUT2D eigenvalue weighted by Gasteiger charge is -2.55. The molecule has 3 heterocycles. The van der Waals surface area contributed by atoms with Gasteiger partial charge in [0.05, 0.1) is 0 Å². The molecule has 0 unspecified atom stereocenters.